The van der Waals surface area contributed by atoms with Gasteiger partial charge in [0.2, 0.25) is 0 Å². The smallest absolute Gasteiger partial charge is 0.188 e. The molecule has 1 atom stereocenters. The molecule has 0 saturated carbocycles. The van der Waals surface area contributed by atoms with Crippen LogP contribution in [0.25, 0.3) is 0 Å². The maximum atomic E-state index is 10.3. The van der Waals surface area contributed by atoms with Crippen molar-refractivity contribution in [3.05, 3.63) is 22.4 Å². The minimum absolute atomic E-state index is 0.275. The van der Waals surface area contributed by atoms with Gasteiger partial charge in [-0.3, -0.25) is 4.99 Å². The van der Waals surface area contributed by atoms with Gasteiger partial charge in [-0.2, -0.15) is 11.3 Å². The molecule has 0 spiro atoms. The number of nitrogens with zero attached hydrogens (tertiary/aromatic N) is 1. The van der Waals surface area contributed by atoms with Crippen LogP contribution in [-0.4, -0.2) is 24.2 Å². The minimum atomic E-state index is -0.950. The first kappa shape index (κ1) is 16.0. The van der Waals surface area contributed by atoms with Gasteiger partial charge in [0.15, 0.2) is 5.96 Å². The number of rotatable bonds is 8. The maximum absolute atomic E-state index is 10.3. The monoisotopic (exact) mass is 283 g/mol. The number of nitrogens with one attached hydrogen (secondary N) is 1. The van der Waals surface area contributed by atoms with Gasteiger partial charge in [-0.1, -0.05) is 26.2 Å². The van der Waals surface area contributed by atoms with Gasteiger partial charge in [-0.05, 0) is 35.7 Å². The minimum Gasteiger partial charge on any atom is -0.383 e. The van der Waals surface area contributed by atoms with Crippen LogP contribution in [0.4, 0.5) is 0 Å². The Hall–Kier alpha value is -1.07. The van der Waals surface area contributed by atoms with Gasteiger partial charge in [0.05, 0.1) is 6.54 Å². The number of aliphatic hydroxyl groups is 1. The molecule has 0 radical (unpaired) electrons. The van der Waals surface area contributed by atoms with E-state index in [-0.39, 0.29) is 6.54 Å². The summed E-state index contributed by atoms with van der Waals surface area (Å²) in [7, 11) is 0. The van der Waals surface area contributed by atoms with E-state index >= 15 is 0 Å². The van der Waals surface area contributed by atoms with E-state index in [4.69, 9.17) is 5.73 Å². The van der Waals surface area contributed by atoms with Crippen LogP contribution in [0.3, 0.4) is 0 Å². The van der Waals surface area contributed by atoms with Crippen molar-refractivity contribution >= 4 is 17.3 Å². The lowest BCUT2D eigenvalue weighted by atomic mass is 10.00. The highest BCUT2D eigenvalue weighted by atomic mass is 32.1. The van der Waals surface area contributed by atoms with Crippen molar-refractivity contribution in [3.63, 3.8) is 0 Å². The Morgan fingerprint density at radius 2 is 2.26 bits per heavy atom. The molecule has 0 aliphatic heterocycles. The van der Waals surface area contributed by atoms with Gasteiger partial charge in [-0.25, -0.2) is 0 Å². The van der Waals surface area contributed by atoms with Crippen molar-refractivity contribution in [1.29, 1.82) is 0 Å². The summed E-state index contributed by atoms with van der Waals surface area (Å²) in [5.41, 5.74) is 5.72. The molecule has 108 valence electrons. The van der Waals surface area contributed by atoms with Crippen LogP contribution in [0.1, 0.15) is 45.1 Å². The van der Waals surface area contributed by atoms with E-state index in [1.165, 1.54) is 19.3 Å². The zero-order chi connectivity index (χ0) is 14.1. The van der Waals surface area contributed by atoms with Gasteiger partial charge in [0, 0.05) is 6.54 Å². The highest BCUT2D eigenvalue weighted by Crippen LogP contribution is 2.22. The molecule has 0 aromatic carbocycles. The van der Waals surface area contributed by atoms with Crippen LogP contribution in [0.15, 0.2) is 21.8 Å². The van der Waals surface area contributed by atoms with Crippen LogP contribution >= 0.6 is 11.3 Å². The molecule has 19 heavy (non-hydrogen) atoms. The van der Waals surface area contributed by atoms with Crippen LogP contribution in [0.5, 0.6) is 0 Å². The molecule has 4 nitrogen and oxygen atoms in total. The Labute approximate surface area is 119 Å². The Kier molecular flexibility index (Phi) is 6.87. The quantitative estimate of drug-likeness (QED) is 0.390. The first-order valence-corrected chi connectivity index (χ1v) is 7.79. The zero-order valence-electron chi connectivity index (χ0n) is 11.9. The second-order valence-corrected chi connectivity index (χ2v) is 5.75. The van der Waals surface area contributed by atoms with Crippen LogP contribution < -0.4 is 11.1 Å². The van der Waals surface area contributed by atoms with E-state index < -0.39 is 5.60 Å². The summed E-state index contributed by atoms with van der Waals surface area (Å²) in [4.78, 5) is 4.21. The highest BCUT2D eigenvalue weighted by molar-refractivity contribution is 7.08. The number of hydrogen-bond acceptors (Lipinski definition) is 3. The average Bonchev–Trinajstić information content (AvgIpc) is 2.91. The van der Waals surface area contributed by atoms with Crippen LogP contribution in [-0.2, 0) is 5.60 Å². The van der Waals surface area contributed by atoms with Crippen LogP contribution in [0, 0.1) is 0 Å². The fraction of sp³-hybridized carbons (Fsp3) is 0.643. The summed E-state index contributed by atoms with van der Waals surface area (Å²) < 4.78 is 0. The Bertz CT molecular complexity index is 374. The Balaban J connectivity index is 2.31. The van der Waals surface area contributed by atoms with Gasteiger partial charge >= 0.3 is 0 Å². The van der Waals surface area contributed by atoms with E-state index in [1.54, 1.807) is 18.3 Å². The first-order valence-electron chi connectivity index (χ1n) is 6.85. The summed E-state index contributed by atoms with van der Waals surface area (Å²) in [6.07, 6.45) is 4.80. The zero-order valence-corrected chi connectivity index (χ0v) is 12.7. The largest absolute Gasteiger partial charge is 0.383 e. The number of nitrogens with two attached hydrogens (primary N) is 1. The van der Waals surface area contributed by atoms with Crippen molar-refractivity contribution in [2.24, 2.45) is 10.7 Å². The molecular weight excluding hydrogens is 258 g/mol. The normalized spacial score (nSPS) is 15.2. The molecule has 5 heteroatoms. The number of guanidine groups is 1. The van der Waals surface area contributed by atoms with E-state index in [9.17, 15) is 5.11 Å². The summed E-state index contributed by atoms with van der Waals surface area (Å²) in [6.45, 7) is 5.07. The summed E-state index contributed by atoms with van der Waals surface area (Å²) in [5, 5.41) is 17.2. The highest BCUT2D eigenvalue weighted by Gasteiger charge is 2.22. The van der Waals surface area contributed by atoms with Gasteiger partial charge in [0.25, 0.3) is 0 Å². The molecule has 1 rings (SSSR count). The standard InChI is InChI=1S/C14H25N3OS/c1-3-4-5-6-8-16-13(15)17-11-14(2,18)12-7-9-19-10-12/h7,9-10,18H,3-6,8,11H2,1-2H3,(H3,15,16,17). The van der Waals surface area contributed by atoms with Crippen molar-refractivity contribution in [1.82, 2.24) is 5.32 Å². The van der Waals surface area contributed by atoms with Gasteiger partial charge in [0.1, 0.15) is 5.60 Å². The second kappa shape index (κ2) is 8.17. The predicted molar refractivity (Wildman–Crippen MR) is 82.5 cm³/mol. The molecule has 0 bridgehead atoms. The number of hydrogen-bond donors (Lipinski definition) is 3. The molecule has 0 aliphatic rings. The molecule has 0 amide bonds. The SMILES string of the molecule is CCCCCCNC(N)=NCC(C)(O)c1ccsc1. The van der Waals surface area contributed by atoms with Gasteiger partial charge < -0.3 is 16.2 Å². The third-order valence-corrected chi connectivity index (χ3v) is 3.72. The third kappa shape index (κ3) is 6.07. The number of unbranched alkanes of at least 4 members (excludes halogenated alkanes) is 3. The van der Waals surface area contributed by atoms with Crippen molar-refractivity contribution in [2.75, 3.05) is 13.1 Å². The Morgan fingerprint density at radius 1 is 1.47 bits per heavy atom. The fourth-order valence-electron chi connectivity index (χ4n) is 1.73. The first-order chi connectivity index (χ1) is 9.06. The predicted octanol–water partition coefficient (Wildman–Crippen LogP) is 2.44. The van der Waals surface area contributed by atoms with E-state index in [1.807, 2.05) is 16.8 Å². The number of thiophene rings is 1. The molecule has 4 N–H and O–H groups in total. The molecule has 0 saturated heterocycles. The molecule has 0 fully saturated rings. The molecule has 1 unspecified atom stereocenters. The average molecular weight is 283 g/mol. The van der Waals surface area contributed by atoms with E-state index in [0.29, 0.717) is 5.96 Å². The summed E-state index contributed by atoms with van der Waals surface area (Å²) in [5.74, 6) is 0.409. The number of aliphatic imine (C=N–C) groups is 1. The van der Waals surface area contributed by atoms with Crippen molar-refractivity contribution in [3.8, 4) is 0 Å². The lowest BCUT2D eigenvalue weighted by Crippen LogP contribution is -2.34. The second-order valence-electron chi connectivity index (χ2n) is 4.97. The van der Waals surface area contributed by atoms with Crippen LogP contribution in [0.2, 0.25) is 0 Å². The summed E-state index contributed by atoms with van der Waals surface area (Å²) in [6, 6.07) is 1.91. The van der Waals surface area contributed by atoms with Gasteiger partial charge in [-0.15, -0.1) is 0 Å². The van der Waals surface area contributed by atoms with Crippen molar-refractivity contribution < 1.29 is 5.11 Å². The molecule has 1 aromatic heterocycles. The Morgan fingerprint density at radius 3 is 2.89 bits per heavy atom. The lowest BCUT2D eigenvalue weighted by molar-refractivity contribution is 0.0678. The molecule has 1 heterocycles. The third-order valence-electron chi connectivity index (χ3n) is 3.04. The molecular formula is C14H25N3OS. The lowest BCUT2D eigenvalue weighted by Gasteiger charge is -2.20. The molecule has 0 aliphatic carbocycles. The summed E-state index contributed by atoms with van der Waals surface area (Å²) >= 11 is 1.57. The van der Waals surface area contributed by atoms with E-state index in [0.717, 1.165) is 18.5 Å². The maximum Gasteiger partial charge on any atom is 0.188 e. The fourth-order valence-corrected chi connectivity index (χ4v) is 2.51. The topological polar surface area (TPSA) is 70.6 Å². The van der Waals surface area contributed by atoms with Crippen molar-refractivity contribution in [2.45, 2.75) is 45.1 Å². The van der Waals surface area contributed by atoms with E-state index in [2.05, 4.69) is 17.2 Å². The molecule has 1 aromatic rings.